The first-order chi connectivity index (χ1) is 3.63. The molecule has 1 aliphatic rings. The van der Waals surface area contributed by atoms with Crippen LogP contribution in [0.4, 0.5) is 0 Å². The SMILES string of the molecule is CC1CCCC1(C)N. The van der Waals surface area contributed by atoms with Crippen LogP contribution >= 0.6 is 0 Å². The van der Waals surface area contributed by atoms with E-state index in [2.05, 4.69) is 13.8 Å². The highest BCUT2D eigenvalue weighted by Crippen LogP contribution is 2.32. The van der Waals surface area contributed by atoms with Gasteiger partial charge >= 0.3 is 0 Å². The minimum absolute atomic E-state index is 0.153. The lowest BCUT2D eigenvalue weighted by atomic mass is 9.92. The summed E-state index contributed by atoms with van der Waals surface area (Å²) in [4.78, 5) is 0. The average Bonchev–Trinajstić information content (AvgIpc) is 1.86. The Hall–Kier alpha value is -0.0400. The second-order valence-electron chi connectivity index (χ2n) is 3.30. The Kier molecular flexibility index (Phi) is 1.31. The zero-order valence-electron chi connectivity index (χ0n) is 5.78. The van der Waals surface area contributed by atoms with Gasteiger partial charge in [0.05, 0.1) is 0 Å². The van der Waals surface area contributed by atoms with E-state index in [0.29, 0.717) is 0 Å². The lowest BCUT2D eigenvalue weighted by molar-refractivity contribution is 0.373. The lowest BCUT2D eigenvalue weighted by Crippen LogP contribution is -2.38. The third-order valence-corrected chi connectivity index (χ3v) is 2.48. The minimum Gasteiger partial charge on any atom is -0.325 e. The molecule has 1 rings (SSSR count). The molecule has 1 saturated carbocycles. The van der Waals surface area contributed by atoms with Crippen LogP contribution in [0.15, 0.2) is 0 Å². The first-order valence-electron chi connectivity index (χ1n) is 3.42. The highest BCUT2D eigenvalue weighted by Gasteiger charge is 2.30. The van der Waals surface area contributed by atoms with Gasteiger partial charge in [0.15, 0.2) is 0 Å². The molecular formula is C7H15N. The molecular weight excluding hydrogens is 98.1 g/mol. The van der Waals surface area contributed by atoms with Crippen molar-refractivity contribution in [2.75, 3.05) is 0 Å². The first kappa shape index (κ1) is 6.09. The molecule has 0 radical (unpaired) electrons. The van der Waals surface area contributed by atoms with Crippen molar-refractivity contribution in [2.45, 2.75) is 38.6 Å². The fraction of sp³-hybridized carbons (Fsp3) is 1.00. The average molecular weight is 113 g/mol. The highest BCUT2D eigenvalue weighted by atomic mass is 14.7. The molecule has 0 bridgehead atoms. The Morgan fingerprint density at radius 2 is 2.25 bits per heavy atom. The molecule has 1 aliphatic carbocycles. The van der Waals surface area contributed by atoms with E-state index in [9.17, 15) is 0 Å². The lowest BCUT2D eigenvalue weighted by Gasteiger charge is -2.22. The van der Waals surface area contributed by atoms with E-state index < -0.39 is 0 Å². The smallest absolute Gasteiger partial charge is 0.0151 e. The van der Waals surface area contributed by atoms with E-state index in [1.165, 1.54) is 19.3 Å². The standard InChI is InChI=1S/C7H15N/c1-6-4-3-5-7(6,2)8/h6H,3-5,8H2,1-2H3. The van der Waals surface area contributed by atoms with E-state index in [1.54, 1.807) is 0 Å². The normalized spacial score (nSPS) is 47.6. The molecule has 0 spiro atoms. The van der Waals surface area contributed by atoms with Crippen molar-refractivity contribution in [1.29, 1.82) is 0 Å². The van der Waals surface area contributed by atoms with E-state index in [1.807, 2.05) is 0 Å². The van der Waals surface area contributed by atoms with Crippen molar-refractivity contribution >= 4 is 0 Å². The van der Waals surface area contributed by atoms with Gasteiger partial charge in [0.1, 0.15) is 0 Å². The minimum atomic E-state index is 0.153. The molecule has 0 aromatic heterocycles. The summed E-state index contributed by atoms with van der Waals surface area (Å²) in [7, 11) is 0. The molecule has 2 N–H and O–H groups in total. The third kappa shape index (κ3) is 0.873. The van der Waals surface area contributed by atoms with Crippen LogP contribution in [0.3, 0.4) is 0 Å². The van der Waals surface area contributed by atoms with Gasteiger partial charge in [0.25, 0.3) is 0 Å². The maximum atomic E-state index is 5.92. The Balaban J connectivity index is 2.54. The summed E-state index contributed by atoms with van der Waals surface area (Å²) in [5, 5.41) is 0. The quantitative estimate of drug-likeness (QED) is 0.506. The molecule has 0 aromatic rings. The van der Waals surface area contributed by atoms with E-state index >= 15 is 0 Å². The topological polar surface area (TPSA) is 26.0 Å². The monoisotopic (exact) mass is 113 g/mol. The van der Waals surface area contributed by atoms with E-state index in [-0.39, 0.29) is 5.54 Å². The van der Waals surface area contributed by atoms with Crippen LogP contribution in [0.1, 0.15) is 33.1 Å². The van der Waals surface area contributed by atoms with Crippen LogP contribution in [0, 0.1) is 5.92 Å². The van der Waals surface area contributed by atoms with Crippen LogP contribution in [-0.4, -0.2) is 5.54 Å². The fourth-order valence-electron chi connectivity index (χ4n) is 1.37. The zero-order chi connectivity index (χ0) is 6.20. The molecule has 0 aliphatic heterocycles. The molecule has 0 amide bonds. The van der Waals surface area contributed by atoms with Crippen LogP contribution in [-0.2, 0) is 0 Å². The number of hydrogen-bond donors (Lipinski definition) is 1. The summed E-state index contributed by atoms with van der Waals surface area (Å²) in [5.74, 6) is 0.738. The van der Waals surface area contributed by atoms with Gasteiger partial charge in [0, 0.05) is 5.54 Å². The van der Waals surface area contributed by atoms with E-state index in [4.69, 9.17) is 5.73 Å². The number of rotatable bonds is 0. The molecule has 1 heteroatoms. The summed E-state index contributed by atoms with van der Waals surface area (Å²) in [6, 6.07) is 0. The predicted octanol–water partition coefficient (Wildman–Crippen LogP) is 1.52. The molecule has 1 fully saturated rings. The maximum absolute atomic E-state index is 5.92. The number of nitrogens with two attached hydrogens (primary N) is 1. The van der Waals surface area contributed by atoms with Crippen molar-refractivity contribution in [2.24, 2.45) is 11.7 Å². The Bertz CT molecular complexity index is 86.4. The number of hydrogen-bond acceptors (Lipinski definition) is 1. The van der Waals surface area contributed by atoms with Gasteiger partial charge < -0.3 is 5.73 Å². The van der Waals surface area contributed by atoms with Crippen LogP contribution in [0.2, 0.25) is 0 Å². The molecule has 0 heterocycles. The first-order valence-corrected chi connectivity index (χ1v) is 3.42. The van der Waals surface area contributed by atoms with Gasteiger partial charge in [-0.15, -0.1) is 0 Å². The van der Waals surface area contributed by atoms with E-state index in [0.717, 1.165) is 5.92 Å². The van der Waals surface area contributed by atoms with Gasteiger partial charge in [0.2, 0.25) is 0 Å². The maximum Gasteiger partial charge on any atom is 0.0151 e. The molecule has 2 unspecified atom stereocenters. The fourth-order valence-corrected chi connectivity index (χ4v) is 1.37. The summed E-state index contributed by atoms with van der Waals surface area (Å²) < 4.78 is 0. The van der Waals surface area contributed by atoms with Crippen molar-refractivity contribution in [3.63, 3.8) is 0 Å². The molecule has 2 atom stereocenters. The van der Waals surface area contributed by atoms with Crippen LogP contribution in [0.25, 0.3) is 0 Å². The Morgan fingerprint density at radius 1 is 1.62 bits per heavy atom. The molecule has 8 heavy (non-hydrogen) atoms. The summed E-state index contributed by atoms with van der Waals surface area (Å²) in [6.07, 6.45) is 3.87. The summed E-state index contributed by atoms with van der Waals surface area (Å²) in [5.41, 5.74) is 6.07. The second kappa shape index (κ2) is 1.73. The summed E-state index contributed by atoms with van der Waals surface area (Å²) >= 11 is 0. The van der Waals surface area contributed by atoms with Crippen molar-refractivity contribution in [3.05, 3.63) is 0 Å². The predicted molar refractivity (Wildman–Crippen MR) is 35.6 cm³/mol. The van der Waals surface area contributed by atoms with Crippen molar-refractivity contribution in [1.82, 2.24) is 0 Å². The zero-order valence-corrected chi connectivity index (χ0v) is 5.78. The van der Waals surface area contributed by atoms with Crippen LogP contribution in [0.5, 0.6) is 0 Å². The van der Waals surface area contributed by atoms with Crippen LogP contribution < -0.4 is 5.73 Å². The summed E-state index contributed by atoms with van der Waals surface area (Å²) in [6.45, 7) is 4.40. The molecule has 0 saturated heterocycles. The van der Waals surface area contributed by atoms with Crippen molar-refractivity contribution in [3.8, 4) is 0 Å². The van der Waals surface area contributed by atoms with Gasteiger partial charge in [-0.1, -0.05) is 13.3 Å². The Morgan fingerprint density at radius 3 is 2.38 bits per heavy atom. The molecule has 0 aromatic carbocycles. The molecule has 48 valence electrons. The van der Waals surface area contributed by atoms with Gasteiger partial charge in [-0.25, -0.2) is 0 Å². The second-order valence-corrected chi connectivity index (χ2v) is 3.30. The Labute approximate surface area is 51.3 Å². The van der Waals surface area contributed by atoms with Crippen molar-refractivity contribution < 1.29 is 0 Å². The third-order valence-electron chi connectivity index (χ3n) is 2.48. The largest absolute Gasteiger partial charge is 0.325 e. The highest BCUT2D eigenvalue weighted by molar-refractivity contribution is 4.89. The molecule has 1 nitrogen and oxygen atoms in total. The van der Waals surface area contributed by atoms with Gasteiger partial charge in [-0.05, 0) is 25.7 Å². The van der Waals surface area contributed by atoms with Gasteiger partial charge in [-0.3, -0.25) is 0 Å². The van der Waals surface area contributed by atoms with Gasteiger partial charge in [-0.2, -0.15) is 0 Å².